The van der Waals surface area contributed by atoms with Crippen LogP contribution in [-0.4, -0.2) is 24.0 Å². The molecule has 0 saturated heterocycles. The Morgan fingerprint density at radius 1 is 0.447 bits per heavy atom. The van der Waals surface area contributed by atoms with Crippen LogP contribution in [-0.2, 0) is 6.54 Å². The standard InChI is InChI=1S/C44H82N2O/c1-3-5-7-9-11-13-15-17-19-21-23-25-27-29-31-36-40-45-44(47)46(42-43-38-34-33-35-39-43)41-37-32-30-28-26-24-22-20-18-16-14-12-10-8-6-4-2/h33-35,38-39H,3-32,36-37,40-42H2,1-2H3,(H,45,47). The van der Waals surface area contributed by atoms with Crippen LogP contribution in [0.5, 0.6) is 0 Å². The van der Waals surface area contributed by atoms with E-state index in [2.05, 4.69) is 49.5 Å². The van der Waals surface area contributed by atoms with Gasteiger partial charge < -0.3 is 10.2 Å². The van der Waals surface area contributed by atoms with Crippen molar-refractivity contribution >= 4 is 6.03 Å². The van der Waals surface area contributed by atoms with Crippen molar-refractivity contribution in [1.29, 1.82) is 0 Å². The minimum absolute atomic E-state index is 0.121. The second kappa shape index (κ2) is 35.8. The number of nitrogens with one attached hydrogen (secondary N) is 1. The summed E-state index contributed by atoms with van der Waals surface area (Å²) in [4.78, 5) is 15.2. The highest BCUT2D eigenvalue weighted by Crippen LogP contribution is 2.16. The minimum atomic E-state index is 0.121. The lowest BCUT2D eigenvalue weighted by atomic mass is 10.0. The number of benzene rings is 1. The summed E-state index contributed by atoms with van der Waals surface area (Å²) in [7, 11) is 0. The van der Waals surface area contributed by atoms with Gasteiger partial charge in [0.05, 0.1) is 0 Å². The third-order valence-electron chi connectivity index (χ3n) is 10.1. The quantitative estimate of drug-likeness (QED) is 0.0717. The molecule has 0 aromatic heterocycles. The van der Waals surface area contributed by atoms with Crippen LogP contribution in [0.2, 0.25) is 0 Å². The van der Waals surface area contributed by atoms with Crippen molar-refractivity contribution in [2.75, 3.05) is 13.1 Å². The number of urea groups is 1. The Bertz CT molecular complexity index is 751. The monoisotopic (exact) mass is 655 g/mol. The molecule has 0 saturated carbocycles. The first-order chi connectivity index (χ1) is 23.3. The van der Waals surface area contributed by atoms with Gasteiger partial charge in [-0.3, -0.25) is 0 Å². The average molecular weight is 655 g/mol. The van der Waals surface area contributed by atoms with E-state index in [0.717, 1.165) is 25.9 Å². The molecule has 1 aromatic rings. The van der Waals surface area contributed by atoms with Crippen LogP contribution < -0.4 is 5.32 Å². The van der Waals surface area contributed by atoms with Crippen LogP contribution >= 0.6 is 0 Å². The van der Waals surface area contributed by atoms with Gasteiger partial charge in [-0.25, -0.2) is 4.79 Å². The normalized spacial score (nSPS) is 11.3. The summed E-state index contributed by atoms with van der Waals surface area (Å²) < 4.78 is 0. The molecule has 274 valence electrons. The molecule has 1 rings (SSSR count). The lowest BCUT2D eigenvalue weighted by Crippen LogP contribution is -2.40. The van der Waals surface area contributed by atoms with Gasteiger partial charge in [-0.1, -0.05) is 237 Å². The summed E-state index contributed by atoms with van der Waals surface area (Å²) in [6.07, 6.45) is 44.1. The number of nitrogens with zero attached hydrogens (tertiary/aromatic N) is 1. The molecule has 3 nitrogen and oxygen atoms in total. The number of hydrogen-bond donors (Lipinski definition) is 1. The van der Waals surface area contributed by atoms with E-state index in [1.807, 2.05) is 4.90 Å². The third-order valence-corrected chi connectivity index (χ3v) is 10.1. The van der Waals surface area contributed by atoms with Gasteiger partial charge in [0.15, 0.2) is 0 Å². The molecule has 0 heterocycles. The number of carbonyl (C=O) groups is 1. The predicted molar refractivity (Wildman–Crippen MR) is 209 cm³/mol. The van der Waals surface area contributed by atoms with Gasteiger partial charge in [0.2, 0.25) is 0 Å². The molecule has 0 atom stereocenters. The molecule has 0 aliphatic heterocycles. The van der Waals surface area contributed by atoms with E-state index >= 15 is 0 Å². The van der Waals surface area contributed by atoms with Crippen molar-refractivity contribution in [2.45, 2.75) is 226 Å². The van der Waals surface area contributed by atoms with Crippen LogP contribution in [0.3, 0.4) is 0 Å². The van der Waals surface area contributed by atoms with Gasteiger partial charge in [-0.05, 0) is 18.4 Å². The molecule has 1 aromatic carbocycles. The second-order valence-electron chi connectivity index (χ2n) is 14.7. The van der Waals surface area contributed by atoms with Gasteiger partial charge >= 0.3 is 6.03 Å². The zero-order valence-corrected chi connectivity index (χ0v) is 32.0. The highest BCUT2D eigenvalue weighted by Gasteiger charge is 2.13. The number of hydrogen-bond acceptors (Lipinski definition) is 1. The Kier molecular flexibility index (Phi) is 33.1. The summed E-state index contributed by atoms with van der Waals surface area (Å²) in [6.45, 7) is 6.97. The van der Waals surface area contributed by atoms with Gasteiger partial charge in [-0.2, -0.15) is 0 Å². The first-order valence-corrected chi connectivity index (χ1v) is 21.3. The van der Waals surface area contributed by atoms with E-state index in [9.17, 15) is 4.79 Å². The molecule has 0 fully saturated rings. The molecule has 0 aliphatic rings. The van der Waals surface area contributed by atoms with Crippen molar-refractivity contribution < 1.29 is 4.79 Å². The highest BCUT2D eigenvalue weighted by atomic mass is 16.2. The zero-order valence-electron chi connectivity index (χ0n) is 32.0. The maximum Gasteiger partial charge on any atom is 0.317 e. The summed E-state index contributed by atoms with van der Waals surface area (Å²) in [5.74, 6) is 0. The van der Waals surface area contributed by atoms with Gasteiger partial charge in [-0.15, -0.1) is 0 Å². The largest absolute Gasteiger partial charge is 0.338 e. The molecule has 1 N–H and O–H groups in total. The molecule has 47 heavy (non-hydrogen) atoms. The van der Waals surface area contributed by atoms with Crippen LogP contribution in [0.25, 0.3) is 0 Å². The number of unbranched alkanes of at least 4 members (excludes halogenated alkanes) is 30. The predicted octanol–water partition coefficient (Wildman–Crippen LogP) is 14.7. The zero-order chi connectivity index (χ0) is 33.7. The van der Waals surface area contributed by atoms with E-state index < -0.39 is 0 Å². The second-order valence-corrected chi connectivity index (χ2v) is 14.7. The summed E-state index contributed by atoms with van der Waals surface area (Å²) in [6, 6.07) is 10.6. The first kappa shape index (κ1) is 43.5. The molecule has 0 unspecified atom stereocenters. The first-order valence-electron chi connectivity index (χ1n) is 21.3. The van der Waals surface area contributed by atoms with Crippen molar-refractivity contribution in [3.63, 3.8) is 0 Å². The molecule has 0 bridgehead atoms. The Hall–Kier alpha value is -1.51. The molecule has 0 spiro atoms. The van der Waals surface area contributed by atoms with E-state index in [1.54, 1.807) is 0 Å². The fourth-order valence-corrected chi connectivity index (χ4v) is 6.89. The third kappa shape index (κ3) is 30.3. The molecular formula is C44H82N2O. The molecule has 0 aliphatic carbocycles. The summed E-state index contributed by atoms with van der Waals surface area (Å²) in [5.41, 5.74) is 1.22. The molecule has 2 amide bonds. The Morgan fingerprint density at radius 3 is 1.13 bits per heavy atom. The van der Waals surface area contributed by atoms with Crippen molar-refractivity contribution in [1.82, 2.24) is 10.2 Å². The minimum Gasteiger partial charge on any atom is -0.338 e. The SMILES string of the molecule is CCCCCCCCCCCCCCCCCCNC(=O)N(CCCCCCCCCCCCCCCCCC)Cc1ccccc1. The number of amides is 2. The lowest BCUT2D eigenvalue weighted by Gasteiger charge is -2.23. The number of carbonyl (C=O) groups excluding carboxylic acids is 1. The van der Waals surface area contributed by atoms with Crippen molar-refractivity contribution in [3.05, 3.63) is 35.9 Å². The maximum absolute atomic E-state index is 13.1. The lowest BCUT2D eigenvalue weighted by molar-refractivity contribution is 0.193. The van der Waals surface area contributed by atoms with E-state index in [0.29, 0.717) is 6.54 Å². The van der Waals surface area contributed by atoms with E-state index in [1.165, 1.54) is 198 Å². The van der Waals surface area contributed by atoms with Gasteiger partial charge in [0.25, 0.3) is 0 Å². The van der Waals surface area contributed by atoms with Crippen molar-refractivity contribution in [2.24, 2.45) is 0 Å². The van der Waals surface area contributed by atoms with Crippen LogP contribution in [0.1, 0.15) is 225 Å². The number of rotatable bonds is 36. The van der Waals surface area contributed by atoms with Gasteiger partial charge in [0, 0.05) is 19.6 Å². The van der Waals surface area contributed by atoms with E-state index in [-0.39, 0.29) is 6.03 Å². The Balaban J connectivity index is 2.03. The summed E-state index contributed by atoms with van der Waals surface area (Å²) >= 11 is 0. The summed E-state index contributed by atoms with van der Waals surface area (Å²) in [5, 5.41) is 3.24. The fraction of sp³-hybridized carbons (Fsp3) is 0.841. The van der Waals surface area contributed by atoms with Gasteiger partial charge in [0.1, 0.15) is 0 Å². The smallest absolute Gasteiger partial charge is 0.317 e. The molecular weight excluding hydrogens is 572 g/mol. The van der Waals surface area contributed by atoms with E-state index in [4.69, 9.17) is 0 Å². The average Bonchev–Trinajstić information content (AvgIpc) is 3.09. The topological polar surface area (TPSA) is 32.3 Å². The Labute approximate surface area is 295 Å². The maximum atomic E-state index is 13.1. The fourth-order valence-electron chi connectivity index (χ4n) is 6.89. The highest BCUT2D eigenvalue weighted by molar-refractivity contribution is 5.74. The van der Waals surface area contributed by atoms with Crippen LogP contribution in [0.15, 0.2) is 30.3 Å². The molecule has 3 heteroatoms. The van der Waals surface area contributed by atoms with Crippen molar-refractivity contribution in [3.8, 4) is 0 Å². The molecule has 0 radical (unpaired) electrons. The van der Waals surface area contributed by atoms with Crippen LogP contribution in [0.4, 0.5) is 4.79 Å². The Morgan fingerprint density at radius 2 is 0.766 bits per heavy atom. The van der Waals surface area contributed by atoms with Crippen LogP contribution in [0, 0.1) is 0 Å².